The Bertz CT molecular complexity index is 1390. The summed E-state index contributed by atoms with van der Waals surface area (Å²) in [5, 5.41) is 17.8. The lowest BCUT2D eigenvalue weighted by Crippen LogP contribution is -2.32. The van der Waals surface area contributed by atoms with Crippen molar-refractivity contribution in [1.29, 1.82) is 0 Å². The van der Waals surface area contributed by atoms with Crippen LogP contribution in [0.15, 0.2) is 64.4 Å². The van der Waals surface area contributed by atoms with E-state index >= 15 is 0 Å². The first-order chi connectivity index (χ1) is 18.1. The number of amides is 2. The van der Waals surface area contributed by atoms with Gasteiger partial charge in [0.15, 0.2) is 11.5 Å². The van der Waals surface area contributed by atoms with Crippen LogP contribution in [-0.2, 0) is 20.8 Å². The van der Waals surface area contributed by atoms with Gasteiger partial charge in [-0.3, -0.25) is 19.3 Å². The highest BCUT2D eigenvalue weighted by atomic mass is 16.5. The molecule has 1 unspecified atom stereocenters. The second-order valence-corrected chi connectivity index (χ2v) is 9.96. The third-order valence-corrected chi connectivity index (χ3v) is 6.35. The van der Waals surface area contributed by atoms with Crippen molar-refractivity contribution >= 4 is 23.3 Å². The first-order valence-corrected chi connectivity index (χ1v) is 12.7. The SMILES string of the molecule is Cc1nc(-c2ccc(N3C(=O)C(O)=C(C(=O)C(C)C)C3c3ccccc3CCC(=O)NC(C)C)cc2)no1. The Morgan fingerprint density at radius 2 is 1.76 bits per heavy atom. The van der Waals surface area contributed by atoms with E-state index in [9.17, 15) is 19.5 Å². The summed E-state index contributed by atoms with van der Waals surface area (Å²) in [7, 11) is 0. The first-order valence-electron chi connectivity index (χ1n) is 12.7. The van der Waals surface area contributed by atoms with Gasteiger partial charge < -0.3 is 14.9 Å². The van der Waals surface area contributed by atoms with Crippen LogP contribution < -0.4 is 10.2 Å². The Morgan fingerprint density at radius 1 is 1.08 bits per heavy atom. The second kappa shape index (κ2) is 11.0. The van der Waals surface area contributed by atoms with E-state index in [4.69, 9.17) is 4.52 Å². The molecule has 0 fully saturated rings. The number of aliphatic hydroxyl groups is 1. The summed E-state index contributed by atoms with van der Waals surface area (Å²) < 4.78 is 5.06. The van der Waals surface area contributed by atoms with Crippen molar-refractivity contribution < 1.29 is 24.0 Å². The molecule has 4 rings (SSSR count). The van der Waals surface area contributed by atoms with Crippen molar-refractivity contribution in [3.63, 3.8) is 0 Å². The quantitative estimate of drug-likeness (QED) is 0.425. The fourth-order valence-corrected chi connectivity index (χ4v) is 4.59. The third-order valence-electron chi connectivity index (χ3n) is 6.35. The van der Waals surface area contributed by atoms with Crippen LogP contribution in [0, 0.1) is 12.8 Å². The number of hydrogen-bond acceptors (Lipinski definition) is 7. The molecule has 38 heavy (non-hydrogen) atoms. The van der Waals surface area contributed by atoms with Crippen molar-refractivity contribution in [3.8, 4) is 11.4 Å². The van der Waals surface area contributed by atoms with Crippen LogP contribution in [0.5, 0.6) is 0 Å². The Labute approximate surface area is 221 Å². The van der Waals surface area contributed by atoms with Gasteiger partial charge in [-0.15, -0.1) is 0 Å². The van der Waals surface area contributed by atoms with Crippen molar-refractivity contribution in [3.05, 3.63) is 76.9 Å². The lowest BCUT2D eigenvalue weighted by atomic mass is 9.87. The molecule has 0 radical (unpaired) electrons. The number of carbonyl (C=O) groups excluding carboxylic acids is 3. The number of aliphatic hydroxyl groups excluding tert-OH is 1. The van der Waals surface area contributed by atoms with Crippen LogP contribution in [0.2, 0.25) is 0 Å². The molecule has 0 aliphatic carbocycles. The molecule has 1 aromatic heterocycles. The van der Waals surface area contributed by atoms with Crippen molar-refractivity contribution in [2.24, 2.45) is 5.92 Å². The predicted molar refractivity (Wildman–Crippen MR) is 142 cm³/mol. The normalized spacial score (nSPS) is 15.6. The minimum absolute atomic E-state index is 0.0233. The summed E-state index contributed by atoms with van der Waals surface area (Å²) in [4.78, 5) is 44.8. The van der Waals surface area contributed by atoms with Crippen LogP contribution in [-0.4, -0.2) is 38.9 Å². The Balaban J connectivity index is 1.76. The summed E-state index contributed by atoms with van der Waals surface area (Å²) in [5.74, 6) is -1.19. The summed E-state index contributed by atoms with van der Waals surface area (Å²) in [5.41, 5.74) is 2.75. The molecule has 9 nitrogen and oxygen atoms in total. The zero-order valence-corrected chi connectivity index (χ0v) is 22.2. The van der Waals surface area contributed by atoms with Crippen LogP contribution in [0.3, 0.4) is 0 Å². The fraction of sp³-hybridized carbons (Fsp3) is 0.345. The van der Waals surface area contributed by atoms with Gasteiger partial charge in [-0.05, 0) is 55.7 Å². The molecule has 0 bridgehead atoms. The van der Waals surface area contributed by atoms with E-state index in [0.717, 1.165) is 5.56 Å². The van der Waals surface area contributed by atoms with Crippen molar-refractivity contribution in [1.82, 2.24) is 15.5 Å². The zero-order chi connectivity index (χ0) is 27.6. The Kier molecular flexibility index (Phi) is 7.75. The molecular formula is C29H32N4O5. The molecule has 0 saturated carbocycles. The van der Waals surface area contributed by atoms with Gasteiger partial charge >= 0.3 is 0 Å². The number of benzene rings is 2. The molecule has 2 amide bonds. The van der Waals surface area contributed by atoms with Gasteiger partial charge in [0.05, 0.1) is 11.6 Å². The van der Waals surface area contributed by atoms with E-state index in [-0.39, 0.29) is 29.7 Å². The first kappa shape index (κ1) is 26.8. The molecular weight excluding hydrogens is 484 g/mol. The average molecular weight is 517 g/mol. The van der Waals surface area contributed by atoms with Crippen LogP contribution in [0.4, 0.5) is 5.69 Å². The standard InChI is InChI=1S/C29H32N4O5/c1-16(2)26(35)24-25(22-9-7-6-8-19(22)12-15-23(34)30-17(3)4)33(29(37)27(24)36)21-13-10-20(11-14-21)28-31-18(5)38-32-28/h6-11,13-14,16-17,25,36H,12,15H2,1-5H3,(H,30,34). The molecule has 9 heteroatoms. The number of nitrogens with zero attached hydrogens (tertiary/aromatic N) is 3. The van der Waals surface area contributed by atoms with E-state index in [1.807, 2.05) is 38.1 Å². The Morgan fingerprint density at radius 3 is 2.37 bits per heavy atom. The molecule has 0 spiro atoms. The zero-order valence-electron chi connectivity index (χ0n) is 22.2. The number of aromatic nitrogens is 2. The summed E-state index contributed by atoms with van der Waals surface area (Å²) in [6.45, 7) is 8.96. The molecule has 1 atom stereocenters. The lowest BCUT2D eigenvalue weighted by molar-refractivity contribution is -0.121. The molecule has 198 valence electrons. The third kappa shape index (κ3) is 5.37. The van der Waals surface area contributed by atoms with E-state index in [2.05, 4.69) is 15.5 Å². The van der Waals surface area contributed by atoms with Gasteiger partial charge in [-0.25, -0.2) is 0 Å². The monoisotopic (exact) mass is 516 g/mol. The van der Waals surface area contributed by atoms with Crippen LogP contribution in [0.25, 0.3) is 11.4 Å². The molecule has 1 aliphatic heterocycles. The maximum Gasteiger partial charge on any atom is 0.294 e. The largest absolute Gasteiger partial charge is 0.503 e. The van der Waals surface area contributed by atoms with E-state index in [1.165, 1.54) is 4.90 Å². The Hall–Kier alpha value is -4.27. The van der Waals surface area contributed by atoms with Crippen molar-refractivity contribution in [2.75, 3.05) is 4.90 Å². The van der Waals surface area contributed by atoms with Gasteiger partial charge in [0, 0.05) is 36.6 Å². The number of nitrogens with one attached hydrogen (secondary N) is 1. The molecule has 2 aromatic carbocycles. The lowest BCUT2D eigenvalue weighted by Gasteiger charge is -2.29. The predicted octanol–water partition coefficient (Wildman–Crippen LogP) is 4.63. The average Bonchev–Trinajstić information content (AvgIpc) is 3.43. The number of hydrogen-bond donors (Lipinski definition) is 2. The highest BCUT2D eigenvalue weighted by Crippen LogP contribution is 2.43. The van der Waals surface area contributed by atoms with Gasteiger partial charge in [0.1, 0.15) is 0 Å². The second-order valence-electron chi connectivity index (χ2n) is 9.96. The van der Waals surface area contributed by atoms with Crippen LogP contribution in [0.1, 0.15) is 57.2 Å². The number of anilines is 1. The maximum atomic E-state index is 13.4. The van der Waals surface area contributed by atoms with Crippen LogP contribution >= 0.6 is 0 Å². The molecule has 2 heterocycles. The number of Topliss-reactive ketones (excluding diaryl/α,β-unsaturated/α-hetero) is 1. The highest BCUT2D eigenvalue weighted by Gasteiger charge is 2.45. The molecule has 3 aromatic rings. The number of aryl methyl sites for hydroxylation is 2. The summed E-state index contributed by atoms with van der Waals surface area (Å²) >= 11 is 0. The summed E-state index contributed by atoms with van der Waals surface area (Å²) in [6.07, 6.45) is 0.658. The van der Waals surface area contributed by atoms with Gasteiger partial charge in [-0.2, -0.15) is 4.98 Å². The smallest absolute Gasteiger partial charge is 0.294 e. The van der Waals surface area contributed by atoms with E-state index in [0.29, 0.717) is 35.0 Å². The number of carbonyl (C=O) groups is 3. The minimum Gasteiger partial charge on any atom is -0.503 e. The van der Waals surface area contributed by atoms with Crippen molar-refractivity contribution in [2.45, 2.75) is 59.5 Å². The number of rotatable bonds is 9. The molecule has 2 N–H and O–H groups in total. The number of ketones is 1. The fourth-order valence-electron chi connectivity index (χ4n) is 4.59. The minimum atomic E-state index is -0.847. The van der Waals surface area contributed by atoms with E-state index < -0.39 is 23.6 Å². The van der Waals surface area contributed by atoms with E-state index in [1.54, 1.807) is 45.0 Å². The summed E-state index contributed by atoms with van der Waals surface area (Å²) in [6, 6.07) is 13.5. The van der Waals surface area contributed by atoms with Gasteiger partial charge in [-0.1, -0.05) is 43.3 Å². The van der Waals surface area contributed by atoms with Gasteiger partial charge in [0.25, 0.3) is 5.91 Å². The maximum absolute atomic E-state index is 13.4. The highest BCUT2D eigenvalue weighted by molar-refractivity contribution is 6.17. The molecule has 1 aliphatic rings. The topological polar surface area (TPSA) is 126 Å². The molecule has 0 saturated heterocycles. The van der Waals surface area contributed by atoms with Gasteiger partial charge in [0.2, 0.25) is 17.6 Å².